The van der Waals surface area contributed by atoms with E-state index in [0.717, 1.165) is 0 Å². The van der Waals surface area contributed by atoms with Gasteiger partial charge in [-0.3, -0.25) is 0 Å². The van der Waals surface area contributed by atoms with Gasteiger partial charge in [0.25, 0.3) is 0 Å². The van der Waals surface area contributed by atoms with Crippen molar-refractivity contribution in [2.24, 2.45) is 11.8 Å². The largest absolute Gasteiger partial charge is 0.390 e. The molecule has 2 saturated carbocycles. The minimum absolute atomic E-state index is 0.00384. The smallest absolute Gasteiger partial charge is 0.152 e. The zero-order chi connectivity index (χ0) is 12.2. The number of aliphatic hydroxyl groups excluding tert-OH is 2. The minimum Gasteiger partial charge on any atom is -0.390 e. The lowest BCUT2D eigenvalue weighted by molar-refractivity contribution is -0.113. The van der Waals surface area contributed by atoms with Gasteiger partial charge in [-0.1, -0.05) is 0 Å². The maximum atomic E-state index is 13.8. The van der Waals surface area contributed by atoms with Gasteiger partial charge >= 0.3 is 0 Å². The summed E-state index contributed by atoms with van der Waals surface area (Å²) < 4.78 is 33.1. The highest BCUT2D eigenvalue weighted by atomic mass is 19.1. The summed E-state index contributed by atoms with van der Waals surface area (Å²) in [4.78, 5) is 0. The minimum atomic E-state index is -1.41. The highest BCUT2D eigenvalue weighted by Gasteiger charge is 2.56. The van der Waals surface area contributed by atoms with Crippen molar-refractivity contribution in [1.82, 2.24) is 0 Å². The van der Waals surface area contributed by atoms with Crippen LogP contribution >= 0.6 is 0 Å². The maximum Gasteiger partial charge on any atom is 0.152 e. The predicted molar refractivity (Wildman–Crippen MR) is 55.9 cm³/mol. The third kappa shape index (κ3) is 1.71. The monoisotopic (exact) mass is 248 g/mol. The zero-order valence-corrected chi connectivity index (χ0v) is 9.51. The molecule has 3 nitrogen and oxygen atoms in total. The van der Waals surface area contributed by atoms with Crippen molar-refractivity contribution in [2.75, 3.05) is 0 Å². The molecule has 0 bridgehead atoms. The van der Waals surface area contributed by atoms with Gasteiger partial charge in [-0.05, 0) is 37.5 Å². The van der Waals surface area contributed by atoms with Gasteiger partial charge in [-0.2, -0.15) is 0 Å². The van der Waals surface area contributed by atoms with E-state index in [4.69, 9.17) is 4.74 Å². The molecule has 0 aromatic carbocycles. The average Bonchev–Trinajstić information content (AvgIpc) is 2.69. The number of fused-ring (bicyclic) bond motifs is 3. The first kappa shape index (κ1) is 11.8. The quantitative estimate of drug-likeness (QED) is 0.671. The van der Waals surface area contributed by atoms with Crippen LogP contribution in [-0.4, -0.2) is 47.0 Å². The van der Waals surface area contributed by atoms with Gasteiger partial charge in [-0.25, -0.2) is 8.78 Å². The second kappa shape index (κ2) is 4.14. The summed E-state index contributed by atoms with van der Waals surface area (Å²) in [6.45, 7) is 0. The summed E-state index contributed by atoms with van der Waals surface area (Å²) in [5, 5.41) is 19.0. The van der Waals surface area contributed by atoms with Gasteiger partial charge in [0.1, 0.15) is 0 Å². The third-order valence-corrected chi connectivity index (χ3v) is 4.66. The molecule has 1 saturated heterocycles. The fraction of sp³-hybridized carbons (Fsp3) is 1.00. The van der Waals surface area contributed by atoms with Crippen LogP contribution < -0.4 is 0 Å². The molecule has 0 spiro atoms. The predicted octanol–water partition coefficient (Wildman–Crippen LogP) is 0.972. The normalized spacial score (nSPS) is 58.6. The Kier molecular flexibility index (Phi) is 2.88. The molecule has 5 heteroatoms. The number of rotatable bonds is 0. The van der Waals surface area contributed by atoms with Crippen LogP contribution in [-0.2, 0) is 4.74 Å². The lowest BCUT2D eigenvalue weighted by atomic mass is 9.71. The van der Waals surface area contributed by atoms with E-state index in [2.05, 4.69) is 0 Å². The molecule has 0 aromatic rings. The Morgan fingerprint density at radius 2 is 1.18 bits per heavy atom. The highest BCUT2D eigenvalue weighted by molar-refractivity contribution is 5.04. The van der Waals surface area contributed by atoms with E-state index in [-0.39, 0.29) is 11.8 Å². The molecule has 1 aliphatic heterocycles. The van der Waals surface area contributed by atoms with Gasteiger partial charge in [0.15, 0.2) is 12.3 Å². The van der Waals surface area contributed by atoms with Crippen LogP contribution in [0, 0.1) is 11.8 Å². The molecular weight excluding hydrogens is 230 g/mol. The summed E-state index contributed by atoms with van der Waals surface area (Å²) >= 11 is 0. The summed E-state index contributed by atoms with van der Waals surface area (Å²) in [6, 6.07) is 0. The average molecular weight is 248 g/mol. The highest BCUT2D eigenvalue weighted by Crippen LogP contribution is 2.48. The summed E-state index contributed by atoms with van der Waals surface area (Å²) in [7, 11) is 0. The number of aliphatic hydroxyl groups is 2. The fourth-order valence-corrected chi connectivity index (χ4v) is 3.73. The van der Waals surface area contributed by atoms with E-state index < -0.39 is 36.8 Å². The van der Waals surface area contributed by atoms with E-state index in [1.165, 1.54) is 0 Å². The summed E-state index contributed by atoms with van der Waals surface area (Å²) in [6.07, 6.45) is -3.93. The van der Waals surface area contributed by atoms with Crippen LogP contribution in [0.5, 0.6) is 0 Å². The Morgan fingerprint density at radius 1 is 0.765 bits per heavy atom. The van der Waals surface area contributed by atoms with Crippen molar-refractivity contribution in [3.63, 3.8) is 0 Å². The van der Waals surface area contributed by atoms with Gasteiger partial charge in [-0.15, -0.1) is 0 Å². The summed E-state index contributed by atoms with van der Waals surface area (Å²) in [5.74, 6) is 0.00769. The van der Waals surface area contributed by atoms with Crippen molar-refractivity contribution in [2.45, 2.75) is 62.4 Å². The first-order chi connectivity index (χ1) is 8.09. The van der Waals surface area contributed by atoms with Crippen molar-refractivity contribution >= 4 is 0 Å². The Hall–Kier alpha value is -0.260. The lowest BCUT2D eigenvalue weighted by Crippen LogP contribution is -2.43. The first-order valence-electron chi connectivity index (χ1n) is 6.39. The molecule has 8 unspecified atom stereocenters. The molecule has 0 radical (unpaired) electrons. The fourth-order valence-electron chi connectivity index (χ4n) is 3.73. The SMILES string of the molecule is OC1CCC2C3CCC(O)C(F)C3OC2C1F. The molecule has 17 heavy (non-hydrogen) atoms. The second-order valence-electron chi connectivity index (χ2n) is 5.57. The lowest BCUT2D eigenvalue weighted by Gasteiger charge is -2.35. The number of ether oxygens (including phenoxy) is 1. The second-order valence-corrected chi connectivity index (χ2v) is 5.57. The van der Waals surface area contributed by atoms with Crippen LogP contribution in [0.1, 0.15) is 25.7 Å². The molecule has 0 amide bonds. The Morgan fingerprint density at radius 3 is 1.59 bits per heavy atom. The van der Waals surface area contributed by atoms with E-state index in [1.54, 1.807) is 0 Å². The molecule has 2 N–H and O–H groups in total. The molecular formula is C12H18F2O3. The van der Waals surface area contributed by atoms with Crippen LogP contribution in [0.2, 0.25) is 0 Å². The number of hydrogen-bond acceptors (Lipinski definition) is 3. The topological polar surface area (TPSA) is 49.7 Å². The first-order valence-corrected chi connectivity index (χ1v) is 6.39. The van der Waals surface area contributed by atoms with E-state index in [9.17, 15) is 19.0 Å². The molecule has 3 rings (SSSR count). The zero-order valence-electron chi connectivity index (χ0n) is 9.51. The summed E-state index contributed by atoms with van der Waals surface area (Å²) in [5.41, 5.74) is 0. The molecule has 2 aliphatic carbocycles. The Balaban J connectivity index is 1.81. The molecule has 0 aromatic heterocycles. The van der Waals surface area contributed by atoms with Crippen molar-refractivity contribution < 1.29 is 23.7 Å². The van der Waals surface area contributed by atoms with Gasteiger partial charge in [0, 0.05) is 0 Å². The van der Waals surface area contributed by atoms with Crippen LogP contribution in [0.3, 0.4) is 0 Å². The van der Waals surface area contributed by atoms with Crippen molar-refractivity contribution in [3.8, 4) is 0 Å². The van der Waals surface area contributed by atoms with Gasteiger partial charge in [0.2, 0.25) is 0 Å². The van der Waals surface area contributed by atoms with Crippen LogP contribution in [0.25, 0.3) is 0 Å². The molecule has 1 heterocycles. The van der Waals surface area contributed by atoms with Gasteiger partial charge < -0.3 is 14.9 Å². The Bertz CT molecular complexity index is 269. The number of halogens is 2. The Labute approximate surface area is 98.8 Å². The van der Waals surface area contributed by atoms with E-state index in [0.29, 0.717) is 25.7 Å². The standard InChI is InChI=1S/C12H18F2O3/c13-9-7(15)3-1-5-6-2-4-8(16)10(14)12(6)17-11(5)9/h5-12,15-16H,1-4H2. The molecule has 8 atom stereocenters. The third-order valence-electron chi connectivity index (χ3n) is 4.66. The maximum absolute atomic E-state index is 13.8. The number of alkyl halides is 2. The van der Waals surface area contributed by atoms with E-state index >= 15 is 0 Å². The van der Waals surface area contributed by atoms with Crippen molar-refractivity contribution in [3.05, 3.63) is 0 Å². The van der Waals surface area contributed by atoms with Crippen LogP contribution in [0.15, 0.2) is 0 Å². The number of hydrogen-bond donors (Lipinski definition) is 2. The molecule has 98 valence electrons. The van der Waals surface area contributed by atoms with Crippen LogP contribution in [0.4, 0.5) is 8.78 Å². The van der Waals surface area contributed by atoms with E-state index in [1.807, 2.05) is 0 Å². The molecule has 3 aliphatic rings. The van der Waals surface area contributed by atoms with Gasteiger partial charge in [0.05, 0.1) is 24.4 Å². The van der Waals surface area contributed by atoms with Crippen molar-refractivity contribution in [1.29, 1.82) is 0 Å². The molecule has 3 fully saturated rings.